The summed E-state index contributed by atoms with van der Waals surface area (Å²) in [5.41, 5.74) is 1.29. The Morgan fingerprint density at radius 3 is 2.60 bits per heavy atom. The van der Waals surface area contributed by atoms with Crippen LogP contribution in [0.4, 0.5) is 0 Å². The minimum atomic E-state index is -0.787. The fraction of sp³-hybridized carbons (Fsp3) is 0.583. The lowest BCUT2D eigenvalue weighted by molar-refractivity contribution is 0.0702. The van der Waals surface area contributed by atoms with E-state index in [2.05, 4.69) is 0 Å². The van der Waals surface area contributed by atoms with E-state index in [0.29, 0.717) is 10.8 Å². The highest BCUT2D eigenvalue weighted by Crippen LogP contribution is 2.37. The number of thiophene rings is 1. The molecule has 1 aliphatic rings. The summed E-state index contributed by atoms with van der Waals surface area (Å²) in [5.74, 6) is -0.173. The fourth-order valence-corrected chi connectivity index (χ4v) is 3.37. The topological polar surface area (TPSA) is 37.3 Å². The third kappa shape index (κ3) is 2.23. The van der Waals surface area contributed by atoms with Gasteiger partial charge in [-0.15, -0.1) is 11.3 Å². The molecule has 1 fully saturated rings. The van der Waals surface area contributed by atoms with Crippen molar-refractivity contribution in [3.05, 3.63) is 21.4 Å². The molecule has 15 heavy (non-hydrogen) atoms. The molecule has 3 heteroatoms. The molecule has 2 nitrogen and oxygen atoms in total. The first-order valence-electron chi connectivity index (χ1n) is 5.52. The summed E-state index contributed by atoms with van der Waals surface area (Å²) in [5, 5.41) is 8.93. The maximum absolute atomic E-state index is 10.9. The number of hydrogen-bond donors (Lipinski definition) is 1. The Hall–Kier alpha value is -0.830. The van der Waals surface area contributed by atoms with Gasteiger partial charge in [0.25, 0.3) is 0 Å². The maximum Gasteiger partial charge on any atom is 0.345 e. The number of rotatable bonds is 2. The SMILES string of the molecule is Cc1sc(C(=O)O)cc1C1CCCCC1. The van der Waals surface area contributed by atoms with Gasteiger partial charge in [0.15, 0.2) is 0 Å². The average molecular weight is 224 g/mol. The van der Waals surface area contributed by atoms with Crippen molar-refractivity contribution in [2.75, 3.05) is 0 Å². The van der Waals surface area contributed by atoms with Crippen LogP contribution in [0.2, 0.25) is 0 Å². The molecule has 0 bridgehead atoms. The van der Waals surface area contributed by atoms with Gasteiger partial charge in [-0.3, -0.25) is 0 Å². The smallest absolute Gasteiger partial charge is 0.345 e. The third-order valence-electron chi connectivity index (χ3n) is 3.21. The number of carboxylic acid groups (broad SMARTS) is 1. The lowest BCUT2D eigenvalue weighted by Crippen LogP contribution is -2.04. The molecule has 0 amide bonds. The molecule has 2 rings (SSSR count). The third-order valence-corrected chi connectivity index (χ3v) is 4.27. The fourth-order valence-electron chi connectivity index (χ4n) is 2.42. The van der Waals surface area contributed by atoms with E-state index in [1.54, 1.807) is 0 Å². The highest BCUT2D eigenvalue weighted by Gasteiger charge is 2.20. The highest BCUT2D eigenvalue weighted by atomic mass is 32.1. The Morgan fingerprint density at radius 2 is 2.07 bits per heavy atom. The van der Waals surface area contributed by atoms with Crippen LogP contribution < -0.4 is 0 Å². The quantitative estimate of drug-likeness (QED) is 0.829. The van der Waals surface area contributed by atoms with Gasteiger partial charge in [0.1, 0.15) is 4.88 Å². The summed E-state index contributed by atoms with van der Waals surface area (Å²) >= 11 is 1.42. The molecule has 1 aliphatic carbocycles. The maximum atomic E-state index is 10.9. The van der Waals surface area contributed by atoms with Gasteiger partial charge in [-0.05, 0) is 37.3 Å². The molecule has 0 spiro atoms. The van der Waals surface area contributed by atoms with Crippen LogP contribution in [0.15, 0.2) is 6.07 Å². The van der Waals surface area contributed by atoms with Gasteiger partial charge >= 0.3 is 5.97 Å². The highest BCUT2D eigenvalue weighted by molar-refractivity contribution is 7.14. The van der Waals surface area contributed by atoms with E-state index in [0.717, 1.165) is 0 Å². The Labute approximate surface area is 93.9 Å². The molecule has 1 saturated carbocycles. The lowest BCUT2D eigenvalue weighted by Gasteiger charge is -2.21. The minimum absolute atomic E-state index is 0.494. The predicted molar refractivity (Wildman–Crippen MR) is 61.8 cm³/mol. The summed E-state index contributed by atoms with van der Waals surface area (Å²) in [6.45, 7) is 2.04. The molecular weight excluding hydrogens is 208 g/mol. The van der Waals surface area contributed by atoms with Crippen LogP contribution in [0.25, 0.3) is 0 Å². The largest absolute Gasteiger partial charge is 0.477 e. The van der Waals surface area contributed by atoms with Crippen LogP contribution in [0.5, 0.6) is 0 Å². The second-order valence-electron chi connectivity index (χ2n) is 4.26. The molecule has 0 unspecified atom stereocenters. The molecule has 0 saturated heterocycles. The molecule has 1 aromatic rings. The molecule has 0 atom stereocenters. The van der Waals surface area contributed by atoms with E-state index < -0.39 is 5.97 Å². The zero-order valence-electron chi connectivity index (χ0n) is 8.95. The van der Waals surface area contributed by atoms with Gasteiger partial charge in [0.2, 0.25) is 0 Å². The van der Waals surface area contributed by atoms with Crippen LogP contribution in [-0.4, -0.2) is 11.1 Å². The molecule has 0 aromatic carbocycles. The molecule has 1 N–H and O–H groups in total. The lowest BCUT2D eigenvalue weighted by atomic mass is 9.84. The second-order valence-corrected chi connectivity index (χ2v) is 5.52. The first-order chi connectivity index (χ1) is 7.18. The van der Waals surface area contributed by atoms with Crippen molar-refractivity contribution < 1.29 is 9.90 Å². The van der Waals surface area contributed by atoms with E-state index in [1.807, 2.05) is 13.0 Å². The van der Waals surface area contributed by atoms with Crippen LogP contribution in [0.3, 0.4) is 0 Å². The van der Waals surface area contributed by atoms with E-state index in [9.17, 15) is 4.79 Å². The minimum Gasteiger partial charge on any atom is -0.477 e. The summed E-state index contributed by atoms with van der Waals surface area (Å²) < 4.78 is 0. The van der Waals surface area contributed by atoms with Crippen LogP contribution in [-0.2, 0) is 0 Å². The number of aromatic carboxylic acids is 1. The van der Waals surface area contributed by atoms with Gasteiger partial charge < -0.3 is 5.11 Å². The molecule has 82 valence electrons. The van der Waals surface area contributed by atoms with Gasteiger partial charge in [0.05, 0.1) is 0 Å². The van der Waals surface area contributed by atoms with E-state index in [1.165, 1.54) is 53.9 Å². The van der Waals surface area contributed by atoms with Crippen molar-refractivity contribution in [3.63, 3.8) is 0 Å². The molecule has 0 radical (unpaired) electrons. The van der Waals surface area contributed by atoms with Crippen LogP contribution >= 0.6 is 11.3 Å². The van der Waals surface area contributed by atoms with Gasteiger partial charge in [-0.2, -0.15) is 0 Å². The monoisotopic (exact) mass is 224 g/mol. The van der Waals surface area contributed by atoms with Gasteiger partial charge in [-0.25, -0.2) is 4.79 Å². The van der Waals surface area contributed by atoms with E-state index in [-0.39, 0.29) is 0 Å². The number of carboxylic acids is 1. The first-order valence-corrected chi connectivity index (χ1v) is 6.33. The van der Waals surface area contributed by atoms with E-state index in [4.69, 9.17) is 5.11 Å². The summed E-state index contributed by atoms with van der Waals surface area (Å²) in [7, 11) is 0. The Bertz CT molecular complexity index is 362. The summed E-state index contributed by atoms with van der Waals surface area (Å²) in [6.07, 6.45) is 6.39. The molecule has 1 heterocycles. The predicted octanol–water partition coefficient (Wildman–Crippen LogP) is 3.80. The Balaban J connectivity index is 2.22. The van der Waals surface area contributed by atoms with Crippen molar-refractivity contribution in [3.8, 4) is 0 Å². The molecular formula is C12H16O2S. The van der Waals surface area contributed by atoms with Crippen LogP contribution in [0, 0.1) is 6.92 Å². The van der Waals surface area contributed by atoms with Crippen molar-refractivity contribution in [1.82, 2.24) is 0 Å². The van der Waals surface area contributed by atoms with Crippen molar-refractivity contribution in [2.24, 2.45) is 0 Å². The number of aryl methyl sites for hydroxylation is 1. The van der Waals surface area contributed by atoms with E-state index >= 15 is 0 Å². The van der Waals surface area contributed by atoms with Gasteiger partial charge in [-0.1, -0.05) is 19.3 Å². The Morgan fingerprint density at radius 1 is 1.40 bits per heavy atom. The Kier molecular flexibility index (Phi) is 3.10. The average Bonchev–Trinajstić information content (AvgIpc) is 2.62. The zero-order valence-corrected chi connectivity index (χ0v) is 9.77. The molecule has 0 aliphatic heterocycles. The van der Waals surface area contributed by atoms with Gasteiger partial charge in [0, 0.05) is 4.88 Å². The standard InChI is InChI=1S/C12H16O2S/c1-8-10(7-11(15-8)12(13)14)9-5-3-2-4-6-9/h7,9H,2-6H2,1H3,(H,13,14). The zero-order chi connectivity index (χ0) is 10.8. The van der Waals surface area contributed by atoms with Crippen molar-refractivity contribution in [2.45, 2.75) is 44.9 Å². The normalized spacial score (nSPS) is 17.9. The number of hydrogen-bond acceptors (Lipinski definition) is 2. The second kappa shape index (κ2) is 4.35. The summed E-state index contributed by atoms with van der Waals surface area (Å²) in [4.78, 5) is 12.5. The summed E-state index contributed by atoms with van der Waals surface area (Å²) in [6, 6.07) is 1.89. The number of carbonyl (C=O) groups is 1. The van der Waals surface area contributed by atoms with Crippen molar-refractivity contribution in [1.29, 1.82) is 0 Å². The first kappa shape index (κ1) is 10.7. The van der Waals surface area contributed by atoms with Crippen LogP contribution in [0.1, 0.15) is 58.1 Å². The van der Waals surface area contributed by atoms with Crippen molar-refractivity contribution >= 4 is 17.3 Å². The molecule has 1 aromatic heterocycles.